The van der Waals surface area contributed by atoms with E-state index in [-0.39, 0.29) is 32.6 Å². The number of carbonyl (C=O) groups excluding carboxylic acids is 2. The highest BCUT2D eigenvalue weighted by atomic mass is 16.5. The summed E-state index contributed by atoms with van der Waals surface area (Å²) < 4.78 is 9.80. The standard InChI is InChI=1S/C12H20N2O6/c1-3-20-9(15)4-6-14(2)11(18)13-12(10(16)17)5-7-19-8-12/h3-8H2,1-2H3,(H,13,18)(H,16,17). The Hall–Kier alpha value is -1.83. The lowest BCUT2D eigenvalue weighted by Gasteiger charge is -2.27. The maximum absolute atomic E-state index is 11.9. The lowest BCUT2D eigenvalue weighted by atomic mass is 9.99. The zero-order valence-corrected chi connectivity index (χ0v) is 11.7. The summed E-state index contributed by atoms with van der Waals surface area (Å²) >= 11 is 0. The molecule has 1 aliphatic rings. The Labute approximate surface area is 117 Å². The molecule has 20 heavy (non-hydrogen) atoms. The van der Waals surface area contributed by atoms with Gasteiger partial charge in [0.25, 0.3) is 0 Å². The second-order valence-electron chi connectivity index (χ2n) is 4.60. The van der Waals surface area contributed by atoms with Crippen LogP contribution in [0.3, 0.4) is 0 Å². The minimum atomic E-state index is -1.38. The van der Waals surface area contributed by atoms with Gasteiger partial charge in [-0.05, 0) is 6.92 Å². The third kappa shape index (κ3) is 4.09. The molecule has 1 rings (SSSR count). The summed E-state index contributed by atoms with van der Waals surface area (Å²) in [6.07, 6.45) is 0.286. The Morgan fingerprint density at radius 3 is 2.65 bits per heavy atom. The number of nitrogens with zero attached hydrogens (tertiary/aromatic N) is 1. The molecular weight excluding hydrogens is 268 g/mol. The van der Waals surface area contributed by atoms with Gasteiger partial charge in [-0.25, -0.2) is 9.59 Å². The summed E-state index contributed by atoms with van der Waals surface area (Å²) in [5, 5.41) is 11.7. The van der Waals surface area contributed by atoms with Crippen LogP contribution in [0.4, 0.5) is 4.79 Å². The molecule has 1 atom stereocenters. The van der Waals surface area contributed by atoms with Crippen LogP contribution in [-0.2, 0) is 19.1 Å². The summed E-state index contributed by atoms with van der Waals surface area (Å²) in [7, 11) is 1.49. The number of hydrogen-bond acceptors (Lipinski definition) is 5. The Bertz CT molecular complexity index is 378. The van der Waals surface area contributed by atoms with Crippen LogP contribution in [0.2, 0.25) is 0 Å². The highest BCUT2D eigenvalue weighted by molar-refractivity contribution is 5.86. The maximum Gasteiger partial charge on any atom is 0.332 e. The molecule has 2 amide bonds. The van der Waals surface area contributed by atoms with Crippen molar-refractivity contribution in [2.45, 2.75) is 25.3 Å². The molecular formula is C12H20N2O6. The van der Waals surface area contributed by atoms with Crippen LogP contribution in [0.1, 0.15) is 19.8 Å². The number of aliphatic carboxylic acids is 1. The van der Waals surface area contributed by atoms with E-state index in [1.807, 2.05) is 0 Å². The largest absolute Gasteiger partial charge is 0.479 e. The van der Waals surface area contributed by atoms with Gasteiger partial charge in [-0.1, -0.05) is 0 Å². The minimum Gasteiger partial charge on any atom is -0.479 e. The van der Waals surface area contributed by atoms with E-state index in [1.165, 1.54) is 11.9 Å². The molecule has 0 saturated carbocycles. The molecule has 0 spiro atoms. The first-order valence-corrected chi connectivity index (χ1v) is 6.41. The maximum atomic E-state index is 11.9. The van der Waals surface area contributed by atoms with Crippen molar-refractivity contribution < 1.29 is 29.0 Å². The molecule has 0 bridgehead atoms. The lowest BCUT2D eigenvalue weighted by molar-refractivity contribution is -0.145. The molecule has 0 radical (unpaired) electrons. The highest BCUT2D eigenvalue weighted by Gasteiger charge is 2.44. The van der Waals surface area contributed by atoms with Gasteiger partial charge >= 0.3 is 18.0 Å². The normalized spacial score (nSPS) is 21.3. The smallest absolute Gasteiger partial charge is 0.332 e. The predicted octanol–water partition coefficient (Wildman–Crippen LogP) is -0.175. The summed E-state index contributed by atoms with van der Waals surface area (Å²) in [5.74, 6) is -1.52. The van der Waals surface area contributed by atoms with Gasteiger partial charge in [-0.15, -0.1) is 0 Å². The van der Waals surface area contributed by atoms with Crippen molar-refractivity contribution in [2.75, 3.05) is 33.4 Å². The van der Waals surface area contributed by atoms with E-state index in [4.69, 9.17) is 9.47 Å². The lowest BCUT2D eigenvalue weighted by Crippen LogP contribution is -2.58. The molecule has 1 saturated heterocycles. The van der Waals surface area contributed by atoms with Crippen molar-refractivity contribution in [3.05, 3.63) is 0 Å². The van der Waals surface area contributed by atoms with Crippen LogP contribution in [0.5, 0.6) is 0 Å². The molecule has 114 valence electrons. The topological polar surface area (TPSA) is 105 Å². The van der Waals surface area contributed by atoms with E-state index in [0.29, 0.717) is 6.61 Å². The molecule has 0 aliphatic carbocycles. The molecule has 1 fully saturated rings. The Kier molecular flexibility index (Phi) is 5.75. The first-order valence-electron chi connectivity index (χ1n) is 6.41. The van der Waals surface area contributed by atoms with Crippen LogP contribution in [-0.4, -0.2) is 66.9 Å². The average Bonchev–Trinajstić information content (AvgIpc) is 2.86. The predicted molar refractivity (Wildman–Crippen MR) is 68.2 cm³/mol. The first kappa shape index (κ1) is 16.2. The van der Waals surface area contributed by atoms with Crippen LogP contribution in [0.25, 0.3) is 0 Å². The number of carboxylic acids is 1. The van der Waals surface area contributed by atoms with Gasteiger partial charge in [0.05, 0.1) is 19.6 Å². The Morgan fingerprint density at radius 2 is 2.15 bits per heavy atom. The molecule has 8 nitrogen and oxygen atoms in total. The van der Waals surface area contributed by atoms with Crippen molar-refractivity contribution >= 4 is 18.0 Å². The first-order chi connectivity index (χ1) is 9.41. The van der Waals surface area contributed by atoms with Crippen molar-refractivity contribution in [2.24, 2.45) is 0 Å². The van der Waals surface area contributed by atoms with Crippen LogP contribution >= 0.6 is 0 Å². The number of rotatable bonds is 6. The quantitative estimate of drug-likeness (QED) is 0.657. The molecule has 8 heteroatoms. The summed E-state index contributed by atoms with van der Waals surface area (Å²) in [5.41, 5.74) is -1.38. The number of hydrogen-bond donors (Lipinski definition) is 2. The van der Waals surface area contributed by atoms with Gasteiger partial charge in [0.15, 0.2) is 5.54 Å². The van der Waals surface area contributed by atoms with Crippen molar-refractivity contribution in [3.8, 4) is 0 Å². The zero-order chi connectivity index (χ0) is 15.2. The molecule has 0 aromatic rings. The van der Waals surface area contributed by atoms with E-state index in [0.717, 1.165) is 0 Å². The third-order valence-electron chi connectivity index (χ3n) is 3.08. The van der Waals surface area contributed by atoms with Gasteiger partial charge in [0.2, 0.25) is 0 Å². The number of urea groups is 1. The van der Waals surface area contributed by atoms with E-state index >= 15 is 0 Å². The second-order valence-corrected chi connectivity index (χ2v) is 4.60. The number of carbonyl (C=O) groups is 3. The SMILES string of the molecule is CCOC(=O)CCN(C)C(=O)NC1(C(=O)O)CCOC1. The fourth-order valence-corrected chi connectivity index (χ4v) is 1.78. The van der Waals surface area contributed by atoms with Crippen LogP contribution in [0, 0.1) is 0 Å². The molecule has 1 unspecified atom stereocenters. The number of ether oxygens (including phenoxy) is 2. The van der Waals surface area contributed by atoms with Gasteiger partial charge in [0.1, 0.15) is 0 Å². The summed E-state index contributed by atoms with van der Waals surface area (Å²) in [6, 6.07) is -0.554. The molecule has 2 N–H and O–H groups in total. The van der Waals surface area contributed by atoms with E-state index in [2.05, 4.69) is 5.32 Å². The van der Waals surface area contributed by atoms with Crippen LogP contribution < -0.4 is 5.32 Å². The fourth-order valence-electron chi connectivity index (χ4n) is 1.78. The average molecular weight is 288 g/mol. The van der Waals surface area contributed by atoms with Gasteiger partial charge in [0, 0.05) is 26.6 Å². The monoisotopic (exact) mass is 288 g/mol. The van der Waals surface area contributed by atoms with E-state index < -0.39 is 23.5 Å². The number of amides is 2. The number of esters is 1. The minimum absolute atomic E-state index is 0.0558. The van der Waals surface area contributed by atoms with Crippen molar-refractivity contribution in [1.82, 2.24) is 10.2 Å². The van der Waals surface area contributed by atoms with Crippen molar-refractivity contribution in [3.63, 3.8) is 0 Å². The highest BCUT2D eigenvalue weighted by Crippen LogP contribution is 2.19. The molecule has 1 heterocycles. The van der Waals surface area contributed by atoms with Gasteiger partial charge < -0.3 is 24.8 Å². The number of carboxylic acid groups (broad SMARTS) is 1. The third-order valence-corrected chi connectivity index (χ3v) is 3.08. The van der Waals surface area contributed by atoms with E-state index in [9.17, 15) is 19.5 Å². The number of nitrogens with one attached hydrogen (secondary N) is 1. The van der Waals surface area contributed by atoms with Gasteiger partial charge in [-0.3, -0.25) is 4.79 Å². The van der Waals surface area contributed by atoms with Crippen molar-refractivity contribution in [1.29, 1.82) is 0 Å². The zero-order valence-electron chi connectivity index (χ0n) is 11.7. The second kappa shape index (κ2) is 7.09. The molecule has 0 aromatic carbocycles. The molecule has 0 aromatic heterocycles. The Morgan fingerprint density at radius 1 is 1.45 bits per heavy atom. The summed E-state index contributed by atoms with van der Waals surface area (Å²) in [4.78, 5) is 35.6. The molecule has 1 aliphatic heterocycles. The Balaban J connectivity index is 2.48. The summed E-state index contributed by atoms with van der Waals surface area (Å²) in [6.45, 7) is 2.37. The van der Waals surface area contributed by atoms with Crippen LogP contribution in [0.15, 0.2) is 0 Å². The van der Waals surface area contributed by atoms with Gasteiger partial charge in [-0.2, -0.15) is 0 Å². The fraction of sp³-hybridized carbons (Fsp3) is 0.750. The van der Waals surface area contributed by atoms with E-state index in [1.54, 1.807) is 6.92 Å².